The van der Waals surface area contributed by atoms with Crippen LogP contribution in [0.1, 0.15) is 48.4 Å². The number of hydrogen-bond donors (Lipinski definition) is 1. The molecular weight excluding hydrogens is 254 g/mol. The van der Waals surface area contributed by atoms with Crippen molar-refractivity contribution in [1.29, 1.82) is 0 Å². The highest BCUT2D eigenvalue weighted by atomic mass is 16.1. The molecule has 0 saturated heterocycles. The molecule has 2 heterocycles. The van der Waals surface area contributed by atoms with Crippen molar-refractivity contribution in [3.05, 3.63) is 35.4 Å². The van der Waals surface area contributed by atoms with E-state index in [0.29, 0.717) is 5.56 Å². The van der Waals surface area contributed by atoms with E-state index in [1.807, 2.05) is 38.6 Å². The lowest BCUT2D eigenvalue weighted by Crippen LogP contribution is -2.26. The summed E-state index contributed by atoms with van der Waals surface area (Å²) >= 11 is 0. The molecule has 2 aromatic rings. The predicted molar refractivity (Wildman–Crippen MR) is 76.4 cm³/mol. The average molecular weight is 275 g/mol. The molecule has 1 unspecified atom stereocenters. The van der Waals surface area contributed by atoms with E-state index in [1.54, 1.807) is 17.1 Å². The Labute approximate surface area is 118 Å². The van der Waals surface area contributed by atoms with Crippen LogP contribution < -0.4 is 5.32 Å². The van der Waals surface area contributed by atoms with Crippen LogP contribution in [0.5, 0.6) is 0 Å². The number of hydrogen-bond acceptors (Lipinski definition) is 3. The minimum atomic E-state index is -0.110. The number of carbonyl (C=O) groups excluding carboxylic acids is 1. The summed E-state index contributed by atoms with van der Waals surface area (Å²) in [6.45, 7) is 9.60. The lowest BCUT2D eigenvalue weighted by molar-refractivity contribution is 0.0939. The van der Waals surface area contributed by atoms with Gasteiger partial charge in [-0.3, -0.25) is 14.2 Å². The second-order valence-corrected chi connectivity index (χ2v) is 4.78. The van der Waals surface area contributed by atoms with Gasteiger partial charge < -0.3 is 5.32 Å². The molecule has 0 aliphatic heterocycles. The van der Waals surface area contributed by atoms with Crippen LogP contribution in [0.4, 0.5) is 0 Å². The lowest BCUT2D eigenvalue weighted by Gasteiger charge is -2.13. The van der Waals surface area contributed by atoms with E-state index in [0.717, 1.165) is 24.3 Å². The quantitative estimate of drug-likeness (QED) is 0.906. The van der Waals surface area contributed by atoms with E-state index in [2.05, 4.69) is 15.5 Å². The van der Waals surface area contributed by atoms with Gasteiger partial charge in [-0.15, -0.1) is 0 Å². The summed E-state index contributed by atoms with van der Waals surface area (Å²) in [7, 11) is 0. The molecule has 1 N–H and O–H groups in total. The highest BCUT2D eigenvalue weighted by Crippen LogP contribution is 2.17. The maximum atomic E-state index is 12.2. The van der Waals surface area contributed by atoms with Gasteiger partial charge in [0.05, 0.1) is 24.0 Å². The molecule has 0 radical (unpaired) electrons. The van der Waals surface area contributed by atoms with E-state index in [-0.39, 0.29) is 11.9 Å². The van der Waals surface area contributed by atoms with Crippen LogP contribution >= 0.6 is 0 Å². The van der Waals surface area contributed by atoms with E-state index >= 15 is 0 Å². The molecule has 0 aliphatic rings. The summed E-state index contributed by atoms with van der Waals surface area (Å²) in [5, 5.41) is 11.4. The highest BCUT2D eigenvalue weighted by Gasteiger charge is 2.16. The van der Waals surface area contributed by atoms with Crippen LogP contribution in [0.2, 0.25) is 0 Å². The fourth-order valence-electron chi connectivity index (χ4n) is 2.22. The van der Waals surface area contributed by atoms with E-state index in [1.165, 1.54) is 0 Å². The van der Waals surface area contributed by atoms with Crippen molar-refractivity contribution < 1.29 is 4.79 Å². The lowest BCUT2D eigenvalue weighted by atomic mass is 10.1. The number of nitrogens with one attached hydrogen (secondary N) is 1. The third-order valence-corrected chi connectivity index (χ3v) is 3.47. The van der Waals surface area contributed by atoms with Gasteiger partial charge >= 0.3 is 0 Å². The summed E-state index contributed by atoms with van der Waals surface area (Å²) < 4.78 is 3.66. The molecule has 0 bridgehead atoms. The van der Waals surface area contributed by atoms with Crippen molar-refractivity contribution in [1.82, 2.24) is 24.9 Å². The molecule has 20 heavy (non-hydrogen) atoms. The monoisotopic (exact) mass is 275 g/mol. The maximum Gasteiger partial charge on any atom is 0.254 e. The Morgan fingerprint density at radius 2 is 2.05 bits per heavy atom. The molecule has 6 nitrogen and oxygen atoms in total. The third-order valence-electron chi connectivity index (χ3n) is 3.47. The van der Waals surface area contributed by atoms with Crippen molar-refractivity contribution >= 4 is 5.91 Å². The minimum Gasteiger partial charge on any atom is -0.345 e. The SMILES string of the molecule is CCn1cc(C(=O)NC(C)c2cnn(CC)c2C)cn1. The number of aryl methyl sites for hydroxylation is 2. The smallest absolute Gasteiger partial charge is 0.254 e. The number of nitrogens with zero attached hydrogens (tertiary/aromatic N) is 4. The second kappa shape index (κ2) is 5.90. The second-order valence-electron chi connectivity index (χ2n) is 4.78. The van der Waals surface area contributed by atoms with Crippen LogP contribution in [0, 0.1) is 6.92 Å². The van der Waals surface area contributed by atoms with E-state index in [9.17, 15) is 4.79 Å². The van der Waals surface area contributed by atoms with Crippen LogP contribution in [0.3, 0.4) is 0 Å². The fourth-order valence-corrected chi connectivity index (χ4v) is 2.22. The summed E-state index contributed by atoms with van der Waals surface area (Å²) in [4.78, 5) is 12.2. The number of aromatic nitrogens is 4. The van der Waals surface area contributed by atoms with E-state index < -0.39 is 0 Å². The third kappa shape index (κ3) is 2.74. The zero-order chi connectivity index (χ0) is 14.7. The van der Waals surface area contributed by atoms with Gasteiger partial charge in [0, 0.05) is 30.5 Å². The van der Waals surface area contributed by atoms with Gasteiger partial charge in [0.25, 0.3) is 5.91 Å². The standard InChI is InChI=1S/C14H21N5O/c1-5-18-9-12(7-15-18)14(20)17-10(3)13-8-16-19(6-2)11(13)4/h7-10H,5-6H2,1-4H3,(H,17,20). The topological polar surface area (TPSA) is 64.7 Å². The summed E-state index contributed by atoms with van der Waals surface area (Å²) in [5.74, 6) is -0.110. The molecule has 0 spiro atoms. The first kappa shape index (κ1) is 14.3. The van der Waals surface area contributed by atoms with Crippen molar-refractivity contribution in [2.45, 2.75) is 46.8 Å². The first-order valence-corrected chi connectivity index (χ1v) is 6.92. The summed E-state index contributed by atoms with van der Waals surface area (Å²) in [6.07, 6.45) is 5.16. The van der Waals surface area contributed by atoms with Crippen molar-refractivity contribution in [2.24, 2.45) is 0 Å². The summed E-state index contributed by atoms with van der Waals surface area (Å²) in [6, 6.07) is -0.0761. The average Bonchev–Trinajstić information content (AvgIpc) is 3.04. The fraction of sp³-hybridized carbons (Fsp3) is 0.500. The Bertz CT molecular complexity index is 598. The zero-order valence-electron chi connectivity index (χ0n) is 12.4. The summed E-state index contributed by atoms with van der Waals surface area (Å²) in [5.41, 5.74) is 2.71. The Morgan fingerprint density at radius 1 is 1.30 bits per heavy atom. The Morgan fingerprint density at radius 3 is 2.60 bits per heavy atom. The Hall–Kier alpha value is -2.11. The van der Waals surface area contributed by atoms with Crippen LogP contribution in [0.25, 0.3) is 0 Å². The van der Waals surface area contributed by atoms with Gasteiger partial charge in [-0.1, -0.05) is 0 Å². The van der Waals surface area contributed by atoms with Crippen LogP contribution in [0.15, 0.2) is 18.6 Å². The van der Waals surface area contributed by atoms with Gasteiger partial charge in [-0.05, 0) is 27.7 Å². The molecule has 0 fully saturated rings. The van der Waals surface area contributed by atoms with Gasteiger partial charge in [-0.25, -0.2) is 0 Å². The molecule has 0 aromatic carbocycles. The molecule has 1 amide bonds. The first-order valence-electron chi connectivity index (χ1n) is 6.92. The van der Waals surface area contributed by atoms with Crippen molar-refractivity contribution in [2.75, 3.05) is 0 Å². The molecule has 0 saturated carbocycles. The van der Waals surface area contributed by atoms with Crippen molar-refractivity contribution in [3.8, 4) is 0 Å². The van der Waals surface area contributed by atoms with E-state index in [4.69, 9.17) is 0 Å². The van der Waals surface area contributed by atoms with Crippen LogP contribution in [-0.2, 0) is 13.1 Å². The molecule has 0 aliphatic carbocycles. The number of rotatable bonds is 5. The minimum absolute atomic E-state index is 0.0761. The van der Waals surface area contributed by atoms with Crippen molar-refractivity contribution in [3.63, 3.8) is 0 Å². The first-order chi connectivity index (χ1) is 9.56. The van der Waals surface area contributed by atoms with Gasteiger partial charge in [0.2, 0.25) is 0 Å². The molecule has 108 valence electrons. The molecule has 6 heteroatoms. The molecule has 2 rings (SSSR count). The largest absolute Gasteiger partial charge is 0.345 e. The zero-order valence-corrected chi connectivity index (χ0v) is 12.4. The van der Waals surface area contributed by atoms with Gasteiger partial charge in [-0.2, -0.15) is 10.2 Å². The highest BCUT2D eigenvalue weighted by molar-refractivity contribution is 5.93. The maximum absolute atomic E-state index is 12.2. The normalized spacial score (nSPS) is 12.4. The molecule has 2 aromatic heterocycles. The number of carbonyl (C=O) groups is 1. The van der Waals surface area contributed by atoms with Crippen LogP contribution in [-0.4, -0.2) is 25.5 Å². The van der Waals surface area contributed by atoms with Gasteiger partial charge in [0.1, 0.15) is 0 Å². The molecular formula is C14H21N5O. The Kier molecular flexibility index (Phi) is 4.22. The Balaban J connectivity index is 2.08. The molecule has 1 atom stereocenters. The number of amides is 1. The van der Waals surface area contributed by atoms with Gasteiger partial charge in [0.15, 0.2) is 0 Å². The predicted octanol–water partition coefficient (Wildman–Crippen LogP) is 1.92.